The Morgan fingerprint density at radius 1 is 1.33 bits per heavy atom. The lowest BCUT2D eigenvalue weighted by molar-refractivity contribution is 0.931. The van der Waals surface area contributed by atoms with Crippen LogP contribution in [0.3, 0.4) is 0 Å². The molecular formula is C8H7Cl3N4. The van der Waals surface area contributed by atoms with Gasteiger partial charge < -0.3 is 5.73 Å². The Morgan fingerprint density at radius 2 is 2.00 bits per heavy atom. The van der Waals surface area contributed by atoms with Gasteiger partial charge in [0.2, 0.25) is 0 Å². The van der Waals surface area contributed by atoms with Crippen LogP contribution in [0.2, 0.25) is 0 Å². The van der Waals surface area contributed by atoms with Gasteiger partial charge in [-0.05, 0) is 18.6 Å². The van der Waals surface area contributed by atoms with Gasteiger partial charge in [-0.3, -0.25) is 4.40 Å². The molecule has 2 heterocycles. The molecule has 0 saturated carbocycles. The number of aromatic nitrogens is 3. The Hall–Kier alpha value is -0.710. The highest BCUT2D eigenvalue weighted by Crippen LogP contribution is 2.37. The number of halogens is 3. The second-order valence-corrected chi connectivity index (χ2v) is 5.47. The predicted octanol–water partition coefficient (Wildman–Crippen LogP) is 2.45. The molecule has 0 aromatic carbocycles. The van der Waals surface area contributed by atoms with Gasteiger partial charge >= 0.3 is 0 Å². The number of nitrogens with two attached hydrogens (primary N) is 1. The topological polar surface area (TPSA) is 56.2 Å². The fourth-order valence-corrected chi connectivity index (χ4v) is 1.74. The van der Waals surface area contributed by atoms with E-state index in [0.717, 1.165) is 5.56 Å². The van der Waals surface area contributed by atoms with Crippen LogP contribution in [0.4, 0.5) is 5.69 Å². The van der Waals surface area contributed by atoms with E-state index in [-0.39, 0.29) is 5.82 Å². The quantitative estimate of drug-likeness (QED) is 0.744. The fraction of sp³-hybridized carbons (Fsp3) is 0.250. The predicted molar refractivity (Wildman–Crippen MR) is 61.4 cm³/mol. The van der Waals surface area contributed by atoms with Gasteiger partial charge in [-0.15, -0.1) is 10.2 Å². The SMILES string of the molecule is Cc1cc(N)c2nnc(C(Cl)(Cl)Cl)n2c1. The molecule has 4 nitrogen and oxygen atoms in total. The second kappa shape index (κ2) is 3.40. The zero-order chi connectivity index (χ0) is 11.2. The van der Waals surface area contributed by atoms with Crippen molar-refractivity contribution in [3.05, 3.63) is 23.7 Å². The molecule has 2 N–H and O–H groups in total. The van der Waals surface area contributed by atoms with Crippen molar-refractivity contribution in [3.63, 3.8) is 0 Å². The van der Waals surface area contributed by atoms with Gasteiger partial charge in [0.05, 0.1) is 5.69 Å². The van der Waals surface area contributed by atoms with E-state index in [0.29, 0.717) is 11.3 Å². The van der Waals surface area contributed by atoms with Gasteiger partial charge in [0.15, 0.2) is 11.5 Å². The van der Waals surface area contributed by atoms with Crippen LogP contribution in [0.15, 0.2) is 12.3 Å². The highest BCUT2D eigenvalue weighted by Gasteiger charge is 2.29. The number of hydrogen-bond donors (Lipinski definition) is 1. The van der Waals surface area contributed by atoms with Crippen LogP contribution in [-0.4, -0.2) is 14.6 Å². The van der Waals surface area contributed by atoms with E-state index in [1.807, 2.05) is 6.92 Å². The number of nitrogen functional groups attached to an aromatic ring is 1. The standard InChI is InChI=1S/C8H7Cl3N4/c1-4-2-5(12)6-13-14-7(8(9,10)11)15(6)3-4/h2-3H,12H2,1H3. The average Bonchev–Trinajstić information content (AvgIpc) is 2.45. The van der Waals surface area contributed by atoms with E-state index in [1.165, 1.54) is 0 Å². The monoisotopic (exact) mass is 264 g/mol. The first-order valence-electron chi connectivity index (χ1n) is 4.07. The van der Waals surface area contributed by atoms with Crippen LogP contribution >= 0.6 is 34.8 Å². The molecule has 0 radical (unpaired) electrons. The maximum atomic E-state index is 5.76. The summed E-state index contributed by atoms with van der Waals surface area (Å²) in [6.45, 7) is 1.89. The van der Waals surface area contributed by atoms with E-state index in [2.05, 4.69) is 10.2 Å². The molecule has 0 amide bonds. The van der Waals surface area contributed by atoms with Gasteiger partial charge in [-0.25, -0.2) is 0 Å². The molecule has 0 aliphatic rings. The molecule has 80 valence electrons. The number of rotatable bonds is 0. The van der Waals surface area contributed by atoms with Crippen LogP contribution in [0, 0.1) is 6.92 Å². The number of fused-ring (bicyclic) bond motifs is 1. The van der Waals surface area contributed by atoms with Crippen molar-refractivity contribution in [2.45, 2.75) is 10.7 Å². The van der Waals surface area contributed by atoms with E-state index in [9.17, 15) is 0 Å². The lowest BCUT2D eigenvalue weighted by Crippen LogP contribution is -2.07. The summed E-state index contributed by atoms with van der Waals surface area (Å²) in [4.78, 5) is 0. The van der Waals surface area contributed by atoms with Crippen molar-refractivity contribution in [1.82, 2.24) is 14.6 Å². The Bertz CT molecular complexity index is 514. The molecule has 0 atom stereocenters. The minimum Gasteiger partial charge on any atom is -0.396 e. The molecule has 7 heteroatoms. The Balaban J connectivity index is 2.80. The minimum atomic E-state index is -1.61. The molecule has 0 bridgehead atoms. The van der Waals surface area contributed by atoms with Gasteiger partial charge in [-0.1, -0.05) is 34.8 Å². The van der Waals surface area contributed by atoms with E-state index in [4.69, 9.17) is 40.5 Å². The summed E-state index contributed by atoms with van der Waals surface area (Å²) < 4.78 is -0.0304. The zero-order valence-corrected chi connectivity index (χ0v) is 9.98. The first-order valence-corrected chi connectivity index (χ1v) is 5.21. The lowest BCUT2D eigenvalue weighted by Gasteiger charge is -2.08. The first kappa shape index (κ1) is 10.8. The van der Waals surface area contributed by atoms with Crippen molar-refractivity contribution >= 4 is 46.1 Å². The maximum Gasteiger partial charge on any atom is 0.250 e. The normalized spacial score (nSPS) is 12.3. The highest BCUT2D eigenvalue weighted by molar-refractivity contribution is 6.66. The molecule has 2 aromatic rings. The second-order valence-electron chi connectivity index (χ2n) is 3.19. The summed E-state index contributed by atoms with van der Waals surface area (Å²) in [5.41, 5.74) is 7.69. The van der Waals surface area contributed by atoms with Crippen molar-refractivity contribution in [2.24, 2.45) is 0 Å². The Morgan fingerprint density at radius 3 is 2.60 bits per heavy atom. The molecule has 0 aliphatic heterocycles. The summed E-state index contributed by atoms with van der Waals surface area (Å²) in [5, 5.41) is 7.67. The smallest absolute Gasteiger partial charge is 0.250 e. The molecule has 2 aromatic heterocycles. The van der Waals surface area contributed by atoms with Gasteiger partial charge in [-0.2, -0.15) is 0 Å². The third kappa shape index (κ3) is 1.85. The minimum absolute atomic E-state index is 0.234. The van der Waals surface area contributed by atoms with Crippen molar-refractivity contribution in [2.75, 3.05) is 5.73 Å². The summed E-state index contributed by atoms with van der Waals surface area (Å²) >= 11 is 17.3. The molecule has 0 unspecified atom stereocenters. The molecular weight excluding hydrogens is 258 g/mol. The zero-order valence-electron chi connectivity index (χ0n) is 7.71. The number of alkyl halides is 3. The Kier molecular flexibility index (Phi) is 2.45. The van der Waals surface area contributed by atoms with Crippen molar-refractivity contribution < 1.29 is 0 Å². The number of anilines is 1. The fourth-order valence-electron chi connectivity index (χ4n) is 1.35. The lowest BCUT2D eigenvalue weighted by atomic mass is 10.3. The molecule has 0 aliphatic carbocycles. The van der Waals surface area contributed by atoms with Crippen molar-refractivity contribution in [1.29, 1.82) is 0 Å². The first-order chi connectivity index (χ1) is 6.89. The van der Waals surface area contributed by atoms with E-state index in [1.54, 1.807) is 16.7 Å². The molecule has 2 rings (SSSR count). The average molecular weight is 266 g/mol. The van der Waals surface area contributed by atoms with Crippen LogP contribution in [0.5, 0.6) is 0 Å². The number of aryl methyl sites for hydroxylation is 1. The van der Waals surface area contributed by atoms with Crippen LogP contribution in [0.1, 0.15) is 11.4 Å². The van der Waals surface area contributed by atoms with Gasteiger partial charge in [0, 0.05) is 6.20 Å². The molecule has 0 saturated heterocycles. The largest absolute Gasteiger partial charge is 0.396 e. The summed E-state index contributed by atoms with van der Waals surface area (Å²) in [5.74, 6) is 0.234. The van der Waals surface area contributed by atoms with Crippen molar-refractivity contribution in [3.8, 4) is 0 Å². The number of pyridine rings is 1. The third-order valence-electron chi connectivity index (χ3n) is 1.92. The highest BCUT2D eigenvalue weighted by atomic mass is 35.6. The maximum absolute atomic E-state index is 5.76. The summed E-state index contributed by atoms with van der Waals surface area (Å²) in [6.07, 6.45) is 1.77. The summed E-state index contributed by atoms with van der Waals surface area (Å²) in [7, 11) is 0. The van der Waals surface area contributed by atoms with Crippen LogP contribution in [-0.2, 0) is 3.79 Å². The van der Waals surface area contributed by atoms with E-state index >= 15 is 0 Å². The van der Waals surface area contributed by atoms with Gasteiger partial charge in [0.25, 0.3) is 3.79 Å². The van der Waals surface area contributed by atoms with Crippen LogP contribution < -0.4 is 5.73 Å². The van der Waals surface area contributed by atoms with Gasteiger partial charge in [0.1, 0.15) is 0 Å². The Labute approximate surface area is 101 Å². The number of hydrogen-bond acceptors (Lipinski definition) is 3. The van der Waals surface area contributed by atoms with Crippen LogP contribution in [0.25, 0.3) is 5.65 Å². The molecule has 0 fully saturated rings. The third-order valence-corrected chi connectivity index (χ3v) is 2.43. The number of nitrogens with zero attached hydrogens (tertiary/aromatic N) is 3. The van der Waals surface area contributed by atoms with E-state index < -0.39 is 3.79 Å². The molecule has 15 heavy (non-hydrogen) atoms. The summed E-state index contributed by atoms with van der Waals surface area (Å²) in [6, 6.07) is 1.78. The molecule has 0 spiro atoms.